The van der Waals surface area contributed by atoms with Crippen LogP contribution in [0.4, 0.5) is 0 Å². The topological polar surface area (TPSA) is 69.4 Å². The molecule has 2 rings (SSSR count). The van der Waals surface area contributed by atoms with E-state index in [0.29, 0.717) is 18.7 Å². The maximum Gasteiger partial charge on any atom is 0.150 e. The Balaban J connectivity index is 2.15. The van der Waals surface area contributed by atoms with E-state index in [2.05, 4.69) is 31.9 Å². The van der Waals surface area contributed by atoms with E-state index in [1.165, 1.54) is 6.26 Å². The third-order valence-electron chi connectivity index (χ3n) is 3.76. The van der Waals surface area contributed by atoms with Crippen molar-refractivity contribution >= 4 is 41.7 Å². The van der Waals surface area contributed by atoms with Gasteiger partial charge in [0.2, 0.25) is 0 Å². The van der Waals surface area contributed by atoms with E-state index in [1.807, 2.05) is 12.1 Å². The molecule has 4 nitrogen and oxygen atoms in total. The second kappa shape index (κ2) is 6.98. The van der Waals surface area contributed by atoms with Crippen molar-refractivity contribution in [2.24, 2.45) is 5.73 Å². The number of halogens is 2. The predicted molar refractivity (Wildman–Crippen MR) is 91.2 cm³/mol. The van der Waals surface area contributed by atoms with Crippen LogP contribution in [0, 0.1) is 0 Å². The highest BCUT2D eigenvalue weighted by Crippen LogP contribution is 2.37. The zero-order valence-corrected chi connectivity index (χ0v) is 15.8. The van der Waals surface area contributed by atoms with Gasteiger partial charge in [0.25, 0.3) is 0 Å². The molecule has 0 saturated heterocycles. The highest BCUT2D eigenvalue weighted by Gasteiger charge is 2.30. The molecule has 0 aliphatic heterocycles. The molecule has 2 N–H and O–H groups in total. The number of hydrogen-bond acceptors (Lipinski definition) is 4. The number of rotatable bonds is 4. The molecule has 0 aromatic heterocycles. The van der Waals surface area contributed by atoms with Gasteiger partial charge < -0.3 is 10.5 Å². The van der Waals surface area contributed by atoms with Gasteiger partial charge in [-0.2, -0.15) is 0 Å². The van der Waals surface area contributed by atoms with Gasteiger partial charge in [0.05, 0.1) is 14.2 Å². The highest BCUT2D eigenvalue weighted by atomic mass is 79.9. The summed E-state index contributed by atoms with van der Waals surface area (Å²) in [4.78, 5) is 0. The largest absolute Gasteiger partial charge is 0.488 e. The van der Waals surface area contributed by atoms with Crippen molar-refractivity contribution in [3.05, 3.63) is 26.6 Å². The zero-order chi connectivity index (χ0) is 15.6. The standard InChI is InChI=1S/C14H19Br2NO3S/c1-21(18,19)11-4-2-3-10(7-11)20-14-12(15)5-9(8-17)6-13(14)16/h5-6,10-11H,2-4,7-8,17H2,1H3. The molecular formula is C14H19Br2NO3S. The smallest absolute Gasteiger partial charge is 0.150 e. The van der Waals surface area contributed by atoms with E-state index in [9.17, 15) is 8.42 Å². The van der Waals surface area contributed by atoms with Gasteiger partial charge in [0.15, 0.2) is 0 Å². The van der Waals surface area contributed by atoms with Gasteiger partial charge in [-0.05, 0) is 68.8 Å². The minimum absolute atomic E-state index is 0.0743. The number of benzene rings is 1. The first-order chi connectivity index (χ1) is 9.81. The Morgan fingerprint density at radius 2 is 1.90 bits per heavy atom. The van der Waals surface area contributed by atoms with Gasteiger partial charge in [0.1, 0.15) is 21.7 Å². The molecule has 0 amide bonds. The molecule has 1 fully saturated rings. The summed E-state index contributed by atoms with van der Waals surface area (Å²) in [6, 6.07) is 3.86. The molecule has 21 heavy (non-hydrogen) atoms. The summed E-state index contributed by atoms with van der Waals surface area (Å²) in [6.45, 7) is 0.455. The van der Waals surface area contributed by atoms with Crippen LogP contribution in [0.15, 0.2) is 21.1 Å². The molecule has 0 spiro atoms. The van der Waals surface area contributed by atoms with Crippen LogP contribution in [-0.2, 0) is 16.4 Å². The SMILES string of the molecule is CS(=O)(=O)C1CCCC(Oc2c(Br)cc(CN)cc2Br)C1. The van der Waals surface area contributed by atoms with E-state index in [4.69, 9.17) is 10.5 Å². The van der Waals surface area contributed by atoms with Crippen molar-refractivity contribution in [3.8, 4) is 5.75 Å². The van der Waals surface area contributed by atoms with Crippen molar-refractivity contribution in [3.63, 3.8) is 0 Å². The van der Waals surface area contributed by atoms with Crippen LogP contribution < -0.4 is 10.5 Å². The number of nitrogens with two attached hydrogens (primary N) is 1. The van der Waals surface area contributed by atoms with Crippen molar-refractivity contribution in [2.75, 3.05) is 6.26 Å². The van der Waals surface area contributed by atoms with Crippen molar-refractivity contribution in [1.82, 2.24) is 0 Å². The quantitative estimate of drug-likeness (QED) is 0.778. The molecule has 0 radical (unpaired) electrons. The van der Waals surface area contributed by atoms with Crippen LogP contribution in [0.5, 0.6) is 5.75 Å². The Labute approximate surface area is 142 Å². The molecule has 0 bridgehead atoms. The molecule has 1 saturated carbocycles. The maximum atomic E-state index is 11.7. The summed E-state index contributed by atoms with van der Waals surface area (Å²) in [5, 5.41) is -0.294. The summed E-state index contributed by atoms with van der Waals surface area (Å²) in [5.74, 6) is 0.714. The summed E-state index contributed by atoms with van der Waals surface area (Å²) in [5.41, 5.74) is 6.64. The van der Waals surface area contributed by atoms with Crippen LogP contribution in [0.1, 0.15) is 31.2 Å². The average molecular weight is 441 g/mol. The Morgan fingerprint density at radius 1 is 1.29 bits per heavy atom. The minimum atomic E-state index is -3.00. The molecule has 1 aromatic rings. The number of sulfone groups is 1. The summed E-state index contributed by atoms with van der Waals surface area (Å²) < 4.78 is 31.1. The average Bonchev–Trinajstić information content (AvgIpc) is 2.42. The fourth-order valence-electron chi connectivity index (χ4n) is 2.61. The highest BCUT2D eigenvalue weighted by molar-refractivity contribution is 9.11. The van der Waals surface area contributed by atoms with Gasteiger partial charge in [0, 0.05) is 19.2 Å². The van der Waals surface area contributed by atoms with Gasteiger partial charge in [-0.25, -0.2) is 8.42 Å². The first-order valence-electron chi connectivity index (χ1n) is 6.84. The first kappa shape index (κ1) is 17.2. The fourth-order valence-corrected chi connectivity index (χ4v) is 5.23. The Kier molecular flexibility index (Phi) is 5.73. The third-order valence-corrected chi connectivity index (χ3v) is 6.58. The van der Waals surface area contributed by atoms with E-state index in [-0.39, 0.29) is 11.4 Å². The molecule has 1 aliphatic rings. The van der Waals surface area contributed by atoms with Crippen molar-refractivity contribution in [1.29, 1.82) is 0 Å². The summed E-state index contributed by atoms with van der Waals surface area (Å²) in [7, 11) is -3.00. The van der Waals surface area contributed by atoms with Gasteiger partial charge >= 0.3 is 0 Å². The summed E-state index contributed by atoms with van der Waals surface area (Å²) in [6.07, 6.45) is 4.27. The van der Waals surface area contributed by atoms with E-state index >= 15 is 0 Å². The molecule has 0 heterocycles. The summed E-state index contributed by atoms with van der Waals surface area (Å²) >= 11 is 6.98. The second-order valence-corrected chi connectivity index (χ2v) is 9.49. The lowest BCUT2D eigenvalue weighted by Gasteiger charge is -2.29. The number of ether oxygens (including phenoxy) is 1. The fraction of sp³-hybridized carbons (Fsp3) is 0.571. The lowest BCUT2D eigenvalue weighted by Crippen LogP contribution is -2.33. The van der Waals surface area contributed by atoms with Crippen LogP contribution in [0.3, 0.4) is 0 Å². The van der Waals surface area contributed by atoms with Crippen molar-refractivity contribution in [2.45, 2.75) is 43.6 Å². The predicted octanol–water partition coefficient (Wildman–Crippen LogP) is 3.40. The van der Waals surface area contributed by atoms with E-state index in [0.717, 1.165) is 33.8 Å². The molecule has 118 valence electrons. The van der Waals surface area contributed by atoms with Crippen LogP contribution in [0.25, 0.3) is 0 Å². The normalized spacial score (nSPS) is 23.0. The van der Waals surface area contributed by atoms with Gasteiger partial charge in [-0.1, -0.05) is 0 Å². The van der Waals surface area contributed by atoms with Crippen LogP contribution in [0.2, 0.25) is 0 Å². The Morgan fingerprint density at radius 3 is 2.43 bits per heavy atom. The first-order valence-corrected chi connectivity index (χ1v) is 10.4. The molecular weight excluding hydrogens is 422 g/mol. The Hall–Kier alpha value is -0.110. The minimum Gasteiger partial charge on any atom is -0.488 e. The lowest BCUT2D eigenvalue weighted by molar-refractivity contribution is 0.154. The van der Waals surface area contributed by atoms with E-state index in [1.54, 1.807) is 0 Å². The van der Waals surface area contributed by atoms with Crippen molar-refractivity contribution < 1.29 is 13.2 Å². The molecule has 1 aliphatic carbocycles. The number of hydrogen-bond donors (Lipinski definition) is 1. The maximum absolute atomic E-state index is 11.7. The third kappa shape index (κ3) is 4.43. The monoisotopic (exact) mass is 439 g/mol. The van der Waals surface area contributed by atoms with Crippen LogP contribution >= 0.6 is 31.9 Å². The molecule has 2 unspecified atom stereocenters. The van der Waals surface area contributed by atoms with E-state index < -0.39 is 9.84 Å². The molecule has 1 aromatic carbocycles. The zero-order valence-electron chi connectivity index (χ0n) is 11.8. The molecule has 7 heteroatoms. The van der Waals surface area contributed by atoms with Gasteiger partial charge in [-0.15, -0.1) is 0 Å². The second-order valence-electron chi connectivity index (χ2n) is 5.45. The Bertz CT molecular complexity index is 596. The van der Waals surface area contributed by atoms with Gasteiger partial charge in [-0.3, -0.25) is 0 Å². The van der Waals surface area contributed by atoms with Crippen LogP contribution in [-0.4, -0.2) is 26.0 Å². The molecule has 2 atom stereocenters. The lowest BCUT2D eigenvalue weighted by atomic mass is 9.97.